The van der Waals surface area contributed by atoms with E-state index in [2.05, 4.69) is 6.92 Å². The fourth-order valence-corrected chi connectivity index (χ4v) is 5.64. The Morgan fingerprint density at radius 3 is 2.30 bits per heavy atom. The van der Waals surface area contributed by atoms with Crippen LogP contribution in [0.3, 0.4) is 0 Å². The molecule has 0 saturated heterocycles. The molecule has 1 aliphatic heterocycles. The molecule has 0 bridgehead atoms. The van der Waals surface area contributed by atoms with Crippen LogP contribution in [0.5, 0.6) is 0 Å². The quantitative estimate of drug-likeness (QED) is 0.178. The van der Waals surface area contributed by atoms with Gasteiger partial charge in [-0.25, -0.2) is 14.6 Å². The van der Waals surface area contributed by atoms with Gasteiger partial charge in [0.25, 0.3) is 0 Å². The van der Waals surface area contributed by atoms with Crippen molar-refractivity contribution in [2.75, 3.05) is 26.9 Å². The Kier molecular flexibility index (Phi) is 10.0. The number of carbonyl (C=O) groups excluding carboxylic acids is 4. The summed E-state index contributed by atoms with van der Waals surface area (Å²) in [5.74, 6) is -1.42. The SMILES string of the molecule is CCCCc1nc2c(n1-c1ccc(-c3ccccc3C(=O)OC)cc1)C(C)(C(=O)OCC)N(C(=O)CC(=O)OCC)CC2. The first kappa shape index (κ1) is 31.5. The van der Waals surface area contributed by atoms with Crippen LogP contribution in [0.2, 0.25) is 0 Å². The van der Waals surface area contributed by atoms with Gasteiger partial charge in [0.15, 0.2) is 5.54 Å². The summed E-state index contributed by atoms with van der Waals surface area (Å²) < 4.78 is 17.5. The first-order valence-electron chi connectivity index (χ1n) is 14.7. The highest BCUT2D eigenvalue weighted by Gasteiger charge is 2.52. The molecular formula is C33H39N3O7. The van der Waals surface area contributed by atoms with Gasteiger partial charge in [-0.2, -0.15) is 0 Å². The number of nitrogens with zero attached hydrogens (tertiary/aromatic N) is 3. The van der Waals surface area contributed by atoms with Crippen molar-refractivity contribution in [1.29, 1.82) is 0 Å². The third-order valence-electron chi connectivity index (χ3n) is 7.69. The second-order valence-electron chi connectivity index (χ2n) is 10.4. The molecule has 0 spiro atoms. The molecule has 0 fully saturated rings. The Morgan fingerprint density at radius 2 is 1.65 bits per heavy atom. The average molecular weight is 590 g/mol. The van der Waals surface area contributed by atoms with Crippen molar-refractivity contribution in [1.82, 2.24) is 14.5 Å². The molecule has 1 aliphatic rings. The smallest absolute Gasteiger partial charge is 0.338 e. The van der Waals surface area contributed by atoms with E-state index in [0.717, 1.165) is 35.5 Å². The number of esters is 3. The summed E-state index contributed by atoms with van der Waals surface area (Å²) in [7, 11) is 1.35. The van der Waals surface area contributed by atoms with Gasteiger partial charge in [-0.05, 0) is 56.5 Å². The Bertz CT molecular complexity index is 1490. The molecule has 4 rings (SSSR count). The average Bonchev–Trinajstić information content (AvgIpc) is 3.39. The number of benzene rings is 2. The lowest BCUT2D eigenvalue weighted by atomic mass is 9.87. The predicted octanol–water partition coefficient (Wildman–Crippen LogP) is 4.78. The highest BCUT2D eigenvalue weighted by Crippen LogP contribution is 2.40. The van der Waals surface area contributed by atoms with E-state index in [4.69, 9.17) is 19.2 Å². The maximum absolute atomic E-state index is 13.8. The molecule has 1 unspecified atom stereocenters. The number of fused-ring (bicyclic) bond motifs is 1. The summed E-state index contributed by atoms with van der Waals surface area (Å²) >= 11 is 0. The van der Waals surface area contributed by atoms with E-state index in [1.807, 2.05) is 41.0 Å². The van der Waals surface area contributed by atoms with Crippen LogP contribution in [0.15, 0.2) is 48.5 Å². The van der Waals surface area contributed by atoms with Gasteiger partial charge in [-0.1, -0.05) is 43.7 Å². The number of aromatic nitrogens is 2. The van der Waals surface area contributed by atoms with Crippen LogP contribution in [0.4, 0.5) is 0 Å². The summed E-state index contributed by atoms with van der Waals surface area (Å²) in [6, 6.07) is 14.8. The van der Waals surface area contributed by atoms with Gasteiger partial charge in [0.05, 0.1) is 37.3 Å². The second-order valence-corrected chi connectivity index (χ2v) is 10.4. The Labute approximate surface area is 251 Å². The van der Waals surface area contributed by atoms with E-state index in [-0.39, 0.29) is 19.8 Å². The van der Waals surface area contributed by atoms with Crippen LogP contribution >= 0.6 is 0 Å². The molecule has 10 heteroatoms. The number of carbonyl (C=O) groups is 4. The minimum absolute atomic E-state index is 0.120. The van der Waals surface area contributed by atoms with Gasteiger partial charge in [-0.3, -0.25) is 14.2 Å². The predicted molar refractivity (Wildman–Crippen MR) is 160 cm³/mol. The molecule has 1 atom stereocenters. The number of ether oxygens (including phenoxy) is 3. The summed E-state index contributed by atoms with van der Waals surface area (Å²) in [6.45, 7) is 7.62. The van der Waals surface area contributed by atoms with Crippen molar-refractivity contribution in [2.24, 2.45) is 0 Å². The van der Waals surface area contributed by atoms with Crippen LogP contribution in [0, 0.1) is 0 Å². The molecule has 3 aromatic rings. The van der Waals surface area contributed by atoms with E-state index >= 15 is 0 Å². The Hall–Kier alpha value is -4.47. The topological polar surface area (TPSA) is 117 Å². The largest absolute Gasteiger partial charge is 0.466 e. The summed E-state index contributed by atoms with van der Waals surface area (Å²) in [4.78, 5) is 58.3. The molecule has 2 aromatic carbocycles. The standard InChI is InChI=1S/C33H39N3O7/c1-6-9-14-27-34-26-19-20-35(28(37)21-29(38)42-7-2)33(4,32(40)43-8-3)30(26)36(27)23-17-15-22(16-18-23)24-12-10-11-13-25(24)31(39)41-5/h10-13,15-18H,6-9,14,19-21H2,1-5H3. The summed E-state index contributed by atoms with van der Waals surface area (Å²) in [5, 5.41) is 0. The third kappa shape index (κ3) is 6.18. The van der Waals surface area contributed by atoms with E-state index in [9.17, 15) is 19.2 Å². The number of hydrogen-bond donors (Lipinski definition) is 0. The van der Waals surface area contributed by atoms with Crippen molar-refractivity contribution in [2.45, 2.75) is 65.3 Å². The van der Waals surface area contributed by atoms with Gasteiger partial charge < -0.3 is 19.1 Å². The minimum Gasteiger partial charge on any atom is -0.466 e. The number of imidazole rings is 1. The van der Waals surface area contributed by atoms with Crippen molar-refractivity contribution < 1.29 is 33.4 Å². The second kappa shape index (κ2) is 13.7. The number of aryl methyl sites for hydroxylation is 1. The molecule has 1 amide bonds. The molecule has 43 heavy (non-hydrogen) atoms. The molecule has 0 aliphatic carbocycles. The number of hydrogen-bond acceptors (Lipinski definition) is 8. The lowest BCUT2D eigenvalue weighted by Crippen LogP contribution is -2.58. The highest BCUT2D eigenvalue weighted by atomic mass is 16.5. The van der Waals surface area contributed by atoms with E-state index < -0.39 is 35.8 Å². The van der Waals surface area contributed by atoms with Gasteiger partial charge in [0.1, 0.15) is 12.2 Å². The Morgan fingerprint density at radius 1 is 0.953 bits per heavy atom. The first-order valence-corrected chi connectivity index (χ1v) is 14.7. The van der Waals surface area contributed by atoms with Crippen LogP contribution in [0.25, 0.3) is 16.8 Å². The maximum atomic E-state index is 13.8. The summed E-state index contributed by atoms with van der Waals surface area (Å²) in [6.07, 6.45) is 2.41. The zero-order valence-corrected chi connectivity index (χ0v) is 25.5. The minimum atomic E-state index is -1.54. The number of unbranched alkanes of at least 4 members (excludes halogenated alkanes) is 1. The van der Waals surface area contributed by atoms with E-state index in [0.29, 0.717) is 29.8 Å². The van der Waals surface area contributed by atoms with Gasteiger partial charge >= 0.3 is 17.9 Å². The van der Waals surface area contributed by atoms with E-state index in [1.54, 1.807) is 32.9 Å². The zero-order chi connectivity index (χ0) is 31.1. The monoisotopic (exact) mass is 589 g/mol. The van der Waals surface area contributed by atoms with Crippen molar-refractivity contribution in [3.63, 3.8) is 0 Å². The van der Waals surface area contributed by atoms with Crippen molar-refractivity contribution in [3.05, 3.63) is 71.3 Å². The van der Waals surface area contributed by atoms with Crippen LogP contribution in [-0.4, -0.2) is 65.1 Å². The zero-order valence-electron chi connectivity index (χ0n) is 25.5. The van der Waals surface area contributed by atoms with Gasteiger partial charge in [0.2, 0.25) is 5.91 Å². The summed E-state index contributed by atoms with van der Waals surface area (Å²) in [5.41, 5.74) is 2.45. The molecule has 2 heterocycles. The van der Waals surface area contributed by atoms with Crippen molar-refractivity contribution >= 4 is 23.8 Å². The first-order chi connectivity index (χ1) is 20.7. The fraction of sp³-hybridized carbons (Fsp3) is 0.424. The third-order valence-corrected chi connectivity index (χ3v) is 7.69. The molecule has 10 nitrogen and oxygen atoms in total. The molecule has 0 N–H and O–H groups in total. The van der Waals surface area contributed by atoms with Crippen LogP contribution in [0.1, 0.15) is 74.5 Å². The van der Waals surface area contributed by atoms with Crippen molar-refractivity contribution in [3.8, 4) is 16.8 Å². The number of amides is 1. The fourth-order valence-electron chi connectivity index (χ4n) is 5.64. The molecule has 0 saturated carbocycles. The highest BCUT2D eigenvalue weighted by molar-refractivity contribution is 5.98. The lowest BCUT2D eigenvalue weighted by Gasteiger charge is -2.43. The van der Waals surface area contributed by atoms with Gasteiger partial charge in [0, 0.05) is 25.1 Å². The maximum Gasteiger partial charge on any atom is 0.338 e. The molecule has 1 aromatic heterocycles. The molecular weight excluding hydrogens is 550 g/mol. The number of rotatable bonds is 11. The van der Waals surface area contributed by atoms with Crippen LogP contribution in [-0.2, 0) is 47.0 Å². The molecule has 228 valence electrons. The number of methoxy groups -OCH3 is 1. The lowest BCUT2D eigenvalue weighted by molar-refractivity contribution is -0.167. The molecule has 0 radical (unpaired) electrons. The van der Waals surface area contributed by atoms with Crippen LogP contribution < -0.4 is 0 Å². The van der Waals surface area contributed by atoms with Gasteiger partial charge in [-0.15, -0.1) is 0 Å². The van der Waals surface area contributed by atoms with E-state index in [1.165, 1.54) is 12.0 Å². The Balaban J connectivity index is 1.87. The normalized spacial score (nSPS) is 15.9.